The standard InChI is InChI=1S/C9H10BrClFNO/c10-7-2-1-3-8(12)9(7)13-5-6(14)4-11/h1-3,6,13-14H,4-5H2. The summed E-state index contributed by atoms with van der Waals surface area (Å²) in [6.45, 7) is 0.225. The summed E-state index contributed by atoms with van der Waals surface area (Å²) in [7, 11) is 0. The molecule has 2 nitrogen and oxygen atoms in total. The van der Waals surface area contributed by atoms with Crippen molar-refractivity contribution in [2.45, 2.75) is 6.10 Å². The van der Waals surface area contributed by atoms with Gasteiger partial charge in [0, 0.05) is 11.0 Å². The molecule has 0 aromatic heterocycles. The monoisotopic (exact) mass is 281 g/mol. The van der Waals surface area contributed by atoms with Gasteiger partial charge >= 0.3 is 0 Å². The Bertz CT molecular complexity index is 291. The molecule has 1 aromatic carbocycles. The summed E-state index contributed by atoms with van der Waals surface area (Å²) in [6, 6.07) is 4.67. The lowest BCUT2D eigenvalue weighted by Crippen LogP contribution is -2.21. The molecular formula is C9H10BrClFNO. The van der Waals surface area contributed by atoms with E-state index in [-0.39, 0.29) is 18.2 Å². The second kappa shape index (κ2) is 5.53. The fraction of sp³-hybridized carbons (Fsp3) is 0.333. The van der Waals surface area contributed by atoms with Crippen LogP contribution in [0.5, 0.6) is 0 Å². The van der Waals surface area contributed by atoms with E-state index in [9.17, 15) is 4.39 Å². The summed E-state index contributed by atoms with van der Waals surface area (Å²) in [5.74, 6) is -0.236. The number of aliphatic hydroxyl groups excluding tert-OH is 1. The molecule has 0 spiro atoms. The van der Waals surface area contributed by atoms with Crippen LogP contribution in [0.1, 0.15) is 0 Å². The molecule has 0 bridgehead atoms. The summed E-state index contributed by atoms with van der Waals surface area (Å²) in [5.41, 5.74) is 0.344. The third-order valence-electron chi connectivity index (χ3n) is 1.66. The van der Waals surface area contributed by atoms with Crippen LogP contribution in [0.2, 0.25) is 0 Å². The Morgan fingerprint density at radius 3 is 2.86 bits per heavy atom. The predicted molar refractivity (Wildman–Crippen MR) is 59.3 cm³/mol. The molecule has 0 aliphatic heterocycles. The van der Waals surface area contributed by atoms with Crippen molar-refractivity contribution in [1.29, 1.82) is 0 Å². The smallest absolute Gasteiger partial charge is 0.147 e. The fourth-order valence-electron chi connectivity index (χ4n) is 0.941. The van der Waals surface area contributed by atoms with Crippen molar-refractivity contribution in [3.05, 3.63) is 28.5 Å². The van der Waals surface area contributed by atoms with E-state index in [2.05, 4.69) is 21.2 Å². The van der Waals surface area contributed by atoms with Crippen LogP contribution in [-0.4, -0.2) is 23.6 Å². The van der Waals surface area contributed by atoms with E-state index in [1.165, 1.54) is 6.07 Å². The van der Waals surface area contributed by atoms with Crippen molar-refractivity contribution in [2.75, 3.05) is 17.7 Å². The summed E-state index contributed by atoms with van der Waals surface area (Å²) in [6.07, 6.45) is -0.678. The number of aliphatic hydroxyl groups is 1. The van der Waals surface area contributed by atoms with Crippen LogP contribution in [0.4, 0.5) is 10.1 Å². The number of nitrogens with one attached hydrogen (secondary N) is 1. The molecule has 78 valence electrons. The highest BCUT2D eigenvalue weighted by atomic mass is 79.9. The molecule has 0 saturated heterocycles. The molecule has 0 amide bonds. The average Bonchev–Trinajstić information content (AvgIpc) is 2.16. The molecule has 1 rings (SSSR count). The molecule has 5 heteroatoms. The van der Waals surface area contributed by atoms with Gasteiger partial charge in [0.1, 0.15) is 5.82 Å². The predicted octanol–water partition coefficient (Wildman–Crippen LogP) is 2.60. The Morgan fingerprint density at radius 1 is 1.57 bits per heavy atom. The molecule has 1 atom stereocenters. The molecule has 0 aliphatic carbocycles. The minimum Gasteiger partial charge on any atom is -0.390 e. The van der Waals surface area contributed by atoms with Crippen LogP contribution in [-0.2, 0) is 0 Å². The molecule has 14 heavy (non-hydrogen) atoms. The third kappa shape index (κ3) is 3.12. The lowest BCUT2D eigenvalue weighted by Gasteiger charge is -2.11. The lowest BCUT2D eigenvalue weighted by atomic mass is 10.3. The normalized spacial score (nSPS) is 12.6. The SMILES string of the molecule is OC(CCl)CNc1c(F)cccc1Br. The molecular weight excluding hydrogens is 272 g/mol. The van der Waals surface area contributed by atoms with Crippen LogP contribution >= 0.6 is 27.5 Å². The Labute approximate surface area is 95.2 Å². The highest BCUT2D eigenvalue weighted by molar-refractivity contribution is 9.10. The number of alkyl halides is 1. The zero-order valence-corrected chi connectivity index (χ0v) is 9.65. The second-order valence-corrected chi connectivity index (χ2v) is 3.95. The first-order valence-corrected chi connectivity index (χ1v) is 5.40. The van der Waals surface area contributed by atoms with Gasteiger partial charge in [0.15, 0.2) is 0 Å². The third-order valence-corrected chi connectivity index (χ3v) is 2.67. The molecule has 0 fully saturated rings. The zero-order chi connectivity index (χ0) is 10.6. The first-order chi connectivity index (χ1) is 6.65. The van der Waals surface area contributed by atoms with Gasteiger partial charge in [0.2, 0.25) is 0 Å². The molecule has 0 saturated carbocycles. The first kappa shape index (κ1) is 11.8. The van der Waals surface area contributed by atoms with Crippen LogP contribution < -0.4 is 5.32 Å². The van der Waals surface area contributed by atoms with Gasteiger partial charge in [0.05, 0.1) is 17.7 Å². The maximum Gasteiger partial charge on any atom is 0.147 e. The van der Waals surface area contributed by atoms with E-state index in [4.69, 9.17) is 16.7 Å². The maximum atomic E-state index is 13.2. The molecule has 1 aromatic rings. The largest absolute Gasteiger partial charge is 0.390 e. The minimum absolute atomic E-state index is 0.124. The highest BCUT2D eigenvalue weighted by Gasteiger charge is 2.07. The molecule has 0 radical (unpaired) electrons. The zero-order valence-electron chi connectivity index (χ0n) is 7.30. The summed E-state index contributed by atoms with van der Waals surface area (Å²) in [5, 5.41) is 11.9. The number of rotatable bonds is 4. The van der Waals surface area contributed by atoms with Gasteiger partial charge in [0.25, 0.3) is 0 Å². The Kier molecular flexibility index (Phi) is 4.65. The van der Waals surface area contributed by atoms with Gasteiger partial charge in [-0.25, -0.2) is 4.39 Å². The van der Waals surface area contributed by atoms with E-state index in [1.807, 2.05) is 0 Å². The van der Waals surface area contributed by atoms with Crippen molar-refractivity contribution in [2.24, 2.45) is 0 Å². The van der Waals surface area contributed by atoms with Gasteiger partial charge < -0.3 is 10.4 Å². The van der Waals surface area contributed by atoms with Gasteiger partial charge in [-0.1, -0.05) is 6.07 Å². The van der Waals surface area contributed by atoms with E-state index < -0.39 is 6.10 Å². The Balaban J connectivity index is 2.66. The highest BCUT2D eigenvalue weighted by Crippen LogP contribution is 2.24. The van der Waals surface area contributed by atoms with Crippen LogP contribution in [0.25, 0.3) is 0 Å². The van der Waals surface area contributed by atoms with Crippen molar-refractivity contribution < 1.29 is 9.50 Å². The summed E-state index contributed by atoms with van der Waals surface area (Å²) < 4.78 is 13.8. The quantitative estimate of drug-likeness (QED) is 0.832. The fourth-order valence-corrected chi connectivity index (χ4v) is 1.53. The number of halogens is 3. The Hall–Kier alpha value is -0.320. The van der Waals surface area contributed by atoms with Gasteiger partial charge in [-0.15, -0.1) is 11.6 Å². The van der Waals surface area contributed by atoms with Crippen LogP contribution in [0.15, 0.2) is 22.7 Å². The second-order valence-electron chi connectivity index (χ2n) is 2.79. The van der Waals surface area contributed by atoms with Crippen molar-refractivity contribution in [3.63, 3.8) is 0 Å². The van der Waals surface area contributed by atoms with Crippen LogP contribution in [0.3, 0.4) is 0 Å². The Morgan fingerprint density at radius 2 is 2.29 bits per heavy atom. The van der Waals surface area contributed by atoms with Crippen LogP contribution in [0, 0.1) is 5.82 Å². The van der Waals surface area contributed by atoms with E-state index >= 15 is 0 Å². The number of benzene rings is 1. The van der Waals surface area contributed by atoms with Gasteiger partial charge in [-0.05, 0) is 28.1 Å². The number of hydrogen-bond acceptors (Lipinski definition) is 2. The minimum atomic E-state index is -0.678. The summed E-state index contributed by atoms with van der Waals surface area (Å²) in [4.78, 5) is 0. The number of anilines is 1. The van der Waals surface area contributed by atoms with E-state index in [1.54, 1.807) is 12.1 Å². The molecule has 0 heterocycles. The van der Waals surface area contributed by atoms with Crippen molar-refractivity contribution >= 4 is 33.2 Å². The van der Waals surface area contributed by atoms with Crippen molar-refractivity contribution in [1.82, 2.24) is 0 Å². The number of para-hydroxylation sites is 1. The van der Waals surface area contributed by atoms with E-state index in [0.29, 0.717) is 10.2 Å². The number of hydrogen-bond donors (Lipinski definition) is 2. The lowest BCUT2D eigenvalue weighted by molar-refractivity contribution is 0.211. The first-order valence-electron chi connectivity index (χ1n) is 4.07. The summed E-state index contributed by atoms with van der Waals surface area (Å²) >= 11 is 8.60. The molecule has 2 N–H and O–H groups in total. The van der Waals surface area contributed by atoms with Gasteiger partial charge in [-0.3, -0.25) is 0 Å². The molecule has 0 aliphatic rings. The van der Waals surface area contributed by atoms with Crippen molar-refractivity contribution in [3.8, 4) is 0 Å². The topological polar surface area (TPSA) is 32.3 Å². The maximum absolute atomic E-state index is 13.2. The van der Waals surface area contributed by atoms with Gasteiger partial charge in [-0.2, -0.15) is 0 Å². The van der Waals surface area contributed by atoms with E-state index in [0.717, 1.165) is 0 Å². The average molecular weight is 283 g/mol. The molecule has 1 unspecified atom stereocenters.